The van der Waals surface area contributed by atoms with E-state index in [9.17, 15) is 9.18 Å². The number of ether oxygens (including phenoxy) is 2. The van der Waals surface area contributed by atoms with Crippen LogP contribution in [0.15, 0.2) is 36.4 Å². The van der Waals surface area contributed by atoms with E-state index in [0.29, 0.717) is 22.6 Å². The predicted octanol–water partition coefficient (Wildman–Crippen LogP) is 3.21. The third-order valence-electron chi connectivity index (χ3n) is 2.92. The normalized spacial score (nSPS) is 10.2. The van der Waals surface area contributed by atoms with Crippen molar-refractivity contribution < 1.29 is 23.8 Å². The third-order valence-corrected chi connectivity index (χ3v) is 2.92. The molecule has 0 unspecified atom stereocenters. The van der Waals surface area contributed by atoms with Gasteiger partial charge in [0.1, 0.15) is 17.3 Å². The van der Waals surface area contributed by atoms with Gasteiger partial charge in [-0.1, -0.05) is 6.07 Å². The van der Waals surface area contributed by atoms with Crippen molar-refractivity contribution in [3.63, 3.8) is 0 Å². The maximum atomic E-state index is 13.7. The zero-order valence-corrected chi connectivity index (χ0v) is 11.0. The molecule has 2 aromatic carbocycles. The second-order valence-corrected chi connectivity index (χ2v) is 4.07. The molecule has 104 valence electrons. The Hall–Kier alpha value is -2.56. The highest BCUT2D eigenvalue weighted by molar-refractivity contribution is 5.89. The fourth-order valence-electron chi connectivity index (χ4n) is 1.89. The number of methoxy groups -OCH3 is 2. The first-order chi connectivity index (χ1) is 9.56. The van der Waals surface area contributed by atoms with Crippen LogP contribution in [0.4, 0.5) is 4.39 Å². The minimum absolute atomic E-state index is 0.360. The lowest BCUT2D eigenvalue weighted by molar-refractivity contribution is 0.0692. The zero-order valence-electron chi connectivity index (χ0n) is 11.0. The van der Waals surface area contributed by atoms with Gasteiger partial charge >= 0.3 is 5.97 Å². The fourth-order valence-corrected chi connectivity index (χ4v) is 1.89. The van der Waals surface area contributed by atoms with Crippen LogP contribution in [0, 0.1) is 5.82 Å². The summed E-state index contributed by atoms with van der Waals surface area (Å²) in [7, 11) is 3.04. The average Bonchev–Trinajstić information content (AvgIpc) is 2.46. The summed E-state index contributed by atoms with van der Waals surface area (Å²) in [5, 5.41) is 8.81. The van der Waals surface area contributed by atoms with Gasteiger partial charge in [-0.15, -0.1) is 0 Å². The minimum Gasteiger partial charge on any atom is -0.497 e. The van der Waals surface area contributed by atoms with E-state index in [2.05, 4.69) is 0 Å². The number of aromatic carboxylic acids is 1. The Bertz CT molecular complexity index is 652. The number of hydrogen-bond donors (Lipinski definition) is 1. The Morgan fingerprint density at radius 2 is 1.85 bits per heavy atom. The molecule has 5 heteroatoms. The first kappa shape index (κ1) is 13.9. The molecule has 4 nitrogen and oxygen atoms in total. The van der Waals surface area contributed by atoms with E-state index in [1.807, 2.05) is 0 Å². The molecular weight excluding hydrogens is 263 g/mol. The Kier molecular flexibility index (Phi) is 3.89. The van der Waals surface area contributed by atoms with Crippen LogP contribution in [0.2, 0.25) is 0 Å². The van der Waals surface area contributed by atoms with Crippen LogP contribution in [0.3, 0.4) is 0 Å². The van der Waals surface area contributed by atoms with Crippen molar-refractivity contribution in [1.29, 1.82) is 0 Å². The summed E-state index contributed by atoms with van der Waals surface area (Å²) in [6.07, 6.45) is 0. The number of halogens is 1. The van der Waals surface area contributed by atoms with E-state index >= 15 is 0 Å². The van der Waals surface area contributed by atoms with Gasteiger partial charge in [-0.3, -0.25) is 0 Å². The number of carboxylic acid groups (broad SMARTS) is 1. The van der Waals surface area contributed by atoms with Crippen molar-refractivity contribution in [3.05, 3.63) is 47.8 Å². The molecule has 0 aliphatic rings. The molecule has 0 fully saturated rings. The second-order valence-electron chi connectivity index (χ2n) is 4.07. The van der Waals surface area contributed by atoms with Crippen molar-refractivity contribution in [2.45, 2.75) is 0 Å². The Balaban J connectivity index is 2.51. The Morgan fingerprint density at radius 1 is 1.10 bits per heavy atom. The summed E-state index contributed by atoms with van der Waals surface area (Å²) in [6, 6.07) is 9.08. The number of benzene rings is 2. The molecule has 0 heterocycles. The summed E-state index contributed by atoms with van der Waals surface area (Å²) in [6.45, 7) is 0. The fraction of sp³-hybridized carbons (Fsp3) is 0.133. The topological polar surface area (TPSA) is 55.8 Å². The van der Waals surface area contributed by atoms with E-state index in [0.717, 1.165) is 0 Å². The maximum Gasteiger partial charge on any atom is 0.338 e. The molecule has 0 bridgehead atoms. The van der Waals surface area contributed by atoms with Crippen molar-refractivity contribution in [1.82, 2.24) is 0 Å². The number of hydrogen-bond acceptors (Lipinski definition) is 3. The zero-order chi connectivity index (χ0) is 14.7. The van der Waals surface area contributed by atoms with Gasteiger partial charge in [0.05, 0.1) is 19.8 Å². The van der Waals surface area contributed by atoms with Gasteiger partial charge in [0.25, 0.3) is 0 Å². The van der Waals surface area contributed by atoms with Crippen LogP contribution in [0.25, 0.3) is 11.1 Å². The van der Waals surface area contributed by atoms with E-state index in [1.165, 1.54) is 32.4 Å². The molecule has 2 rings (SSSR count). The lowest BCUT2D eigenvalue weighted by Crippen LogP contribution is -2.00. The van der Waals surface area contributed by atoms with Gasteiger partial charge in [0, 0.05) is 11.6 Å². The molecule has 0 radical (unpaired) electrons. The highest BCUT2D eigenvalue weighted by Gasteiger charge is 2.13. The van der Waals surface area contributed by atoms with Gasteiger partial charge < -0.3 is 14.6 Å². The van der Waals surface area contributed by atoms with Gasteiger partial charge in [0.15, 0.2) is 0 Å². The molecular formula is C15H13FO4. The minimum atomic E-state index is -1.30. The smallest absolute Gasteiger partial charge is 0.338 e. The molecule has 2 aromatic rings. The molecule has 0 atom stereocenters. The number of carbonyl (C=O) groups is 1. The summed E-state index contributed by atoms with van der Waals surface area (Å²) in [5.41, 5.74) is 0.831. The van der Waals surface area contributed by atoms with Gasteiger partial charge in [-0.2, -0.15) is 0 Å². The van der Waals surface area contributed by atoms with Crippen LogP contribution in [0.1, 0.15) is 10.4 Å². The highest BCUT2D eigenvalue weighted by atomic mass is 19.1. The molecule has 20 heavy (non-hydrogen) atoms. The van der Waals surface area contributed by atoms with E-state index < -0.39 is 11.8 Å². The molecule has 0 aliphatic heterocycles. The van der Waals surface area contributed by atoms with Crippen LogP contribution in [-0.4, -0.2) is 25.3 Å². The monoisotopic (exact) mass is 276 g/mol. The summed E-state index contributed by atoms with van der Waals surface area (Å²) >= 11 is 0. The predicted molar refractivity (Wildman–Crippen MR) is 71.9 cm³/mol. The molecule has 1 N–H and O–H groups in total. The van der Waals surface area contributed by atoms with Crippen LogP contribution in [-0.2, 0) is 0 Å². The molecule has 0 aromatic heterocycles. The largest absolute Gasteiger partial charge is 0.497 e. The van der Waals surface area contributed by atoms with Gasteiger partial charge in [-0.05, 0) is 29.8 Å². The first-order valence-electron chi connectivity index (χ1n) is 5.82. The maximum absolute atomic E-state index is 13.7. The van der Waals surface area contributed by atoms with Crippen molar-refractivity contribution >= 4 is 5.97 Å². The molecule has 0 spiro atoms. The van der Waals surface area contributed by atoms with Crippen LogP contribution < -0.4 is 9.47 Å². The van der Waals surface area contributed by atoms with Gasteiger partial charge in [-0.25, -0.2) is 9.18 Å². The van der Waals surface area contributed by atoms with E-state index in [4.69, 9.17) is 14.6 Å². The summed E-state index contributed by atoms with van der Waals surface area (Å²) in [4.78, 5) is 10.8. The first-order valence-corrected chi connectivity index (χ1v) is 5.82. The lowest BCUT2D eigenvalue weighted by Gasteiger charge is -2.11. The highest BCUT2D eigenvalue weighted by Crippen LogP contribution is 2.33. The lowest BCUT2D eigenvalue weighted by atomic mass is 10.0. The van der Waals surface area contributed by atoms with Crippen molar-refractivity contribution in [2.75, 3.05) is 14.2 Å². The SMILES string of the molecule is COc1ccc(-c2ccc(C(=O)O)c(F)c2)c(OC)c1. The van der Waals surface area contributed by atoms with Crippen LogP contribution >= 0.6 is 0 Å². The summed E-state index contributed by atoms with van der Waals surface area (Å²) in [5.74, 6) is -0.941. The summed E-state index contributed by atoms with van der Waals surface area (Å²) < 4.78 is 24.1. The second kappa shape index (κ2) is 5.61. The van der Waals surface area contributed by atoms with Crippen molar-refractivity contribution in [3.8, 4) is 22.6 Å². The Morgan fingerprint density at radius 3 is 2.40 bits per heavy atom. The van der Waals surface area contributed by atoms with E-state index in [-0.39, 0.29) is 5.56 Å². The van der Waals surface area contributed by atoms with Crippen molar-refractivity contribution in [2.24, 2.45) is 0 Å². The van der Waals surface area contributed by atoms with E-state index in [1.54, 1.807) is 18.2 Å². The average molecular weight is 276 g/mol. The molecule has 0 amide bonds. The number of carboxylic acids is 1. The molecule has 0 saturated heterocycles. The number of rotatable bonds is 4. The van der Waals surface area contributed by atoms with Gasteiger partial charge in [0.2, 0.25) is 0 Å². The quantitative estimate of drug-likeness (QED) is 0.931. The molecule has 0 saturated carbocycles. The Labute approximate surface area is 115 Å². The molecule has 0 aliphatic carbocycles. The standard InChI is InChI=1S/C15H13FO4/c1-19-10-4-6-11(14(8-10)20-2)9-3-5-12(15(17)18)13(16)7-9/h3-8H,1-2H3,(H,17,18). The van der Waals surface area contributed by atoms with Crippen LogP contribution in [0.5, 0.6) is 11.5 Å². The third kappa shape index (κ3) is 2.56.